The van der Waals surface area contributed by atoms with Crippen molar-refractivity contribution in [3.8, 4) is 0 Å². The van der Waals surface area contributed by atoms with Gasteiger partial charge in [0.25, 0.3) is 0 Å². The van der Waals surface area contributed by atoms with Crippen LogP contribution in [0.3, 0.4) is 0 Å². The maximum Gasteiger partial charge on any atom is 0.0678 e. The molecule has 0 amide bonds. The second kappa shape index (κ2) is 8.93. The zero-order valence-corrected chi connectivity index (χ0v) is 8.01. The first-order valence-corrected chi connectivity index (χ1v) is 4.46. The van der Waals surface area contributed by atoms with Crippen LogP contribution in [-0.4, -0.2) is 32.5 Å². The molecule has 0 heterocycles. The van der Waals surface area contributed by atoms with Gasteiger partial charge in [0.05, 0.1) is 19.3 Å². The van der Waals surface area contributed by atoms with Crippen molar-refractivity contribution < 1.29 is 9.47 Å². The van der Waals surface area contributed by atoms with Gasteiger partial charge in [0.1, 0.15) is 0 Å². The Labute approximate surface area is 74.4 Å². The molecule has 0 aliphatic heterocycles. The number of nitrogens with one attached hydrogen (secondary N) is 1. The molecule has 1 atom stereocenters. The molecule has 0 saturated carbocycles. The van der Waals surface area contributed by atoms with Gasteiger partial charge in [0.2, 0.25) is 0 Å². The topological polar surface area (TPSA) is 56.5 Å². The molecule has 0 bridgehead atoms. The largest absolute Gasteiger partial charge is 0.380 e. The molecule has 4 heteroatoms. The first-order valence-electron chi connectivity index (χ1n) is 4.46. The summed E-state index contributed by atoms with van der Waals surface area (Å²) in [5.74, 6) is 5.29. The lowest BCUT2D eigenvalue weighted by Gasteiger charge is -2.15. The summed E-state index contributed by atoms with van der Waals surface area (Å²) < 4.78 is 10.5. The Hall–Kier alpha value is -0.160. The summed E-state index contributed by atoms with van der Waals surface area (Å²) in [6.07, 6.45) is 1.03. The van der Waals surface area contributed by atoms with Gasteiger partial charge in [-0.1, -0.05) is 6.92 Å². The van der Waals surface area contributed by atoms with Crippen molar-refractivity contribution in [1.82, 2.24) is 5.43 Å². The summed E-state index contributed by atoms with van der Waals surface area (Å²) in [7, 11) is 0. The molecule has 1 unspecified atom stereocenters. The summed E-state index contributed by atoms with van der Waals surface area (Å²) in [5, 5.41) is 0. The first kappa shape index (κ1) is 11.8. The van der Waals surface area contributed by atoms with Crippen molar-refractivity contribution in [2.45, 2.75) is 26.3 Å². The summed E-state index contributed by atoms with van der Waals surface area (Å²) >= 11 is 0. The van der Waals surface area contributed by atoms with Gasteiger partial charge in [-0.2, -0.15) is 0 Å². The fraction of sp³-hybridized carbons (Fsp3) is 1.00. The van der Waals surface area contributed by atoms with Gasteiger partial charge >= 0.3 is 0 Å². The Balaban J connectivity index is 3.26. The zero-order valence-electron chi connectivity index (χ0n) is 8.01. The smallest absolute Gasteiger partial charge is 0.0678 e. The van der Waals surface area contributed by atoms with Crippen LogP contribution in [0.25, 0.3) is 0 Å². The van der Waals surface area contributed by atoms with E-state index in [2.05, 4.69) is 12.3 Å². The molecule has 0 spiro atoms. The van der Waals surface area contributed by atoms with Gasteiger partial charge in [-0.15, -0.1) is 0 Å². The zero-order chi connectivity index (χ0) is 9.23. The predicted octanol–water partition coefficient (Wildman–Crippen LogP) is 0.281. The number of nitrogens with two attached hydrogens (primary N) is 1. The molecule has 3 N–H and O–H groups in total. The molecule has 0 fully saturated rings. The number of hydrazine groups is 1. The van der Waals surface area contributed by atoms with Crippen LogP contribution in [0.4, 0.5) is 0 Å². The third kappa shape index (κ3) is 6.54. The molecule has 12 heavy (non-hydrogen) atoms. The monoisotopic (exact) mass is 176 g/mol. The van der Waals surface area contributed by atoms with Gasteiger partial charge in [0.15, 0.2) is 0 Å². The van der Waals surface area contributed by atoms with Crippen molar-refractivity contribution >= 4 is 0 Å². The fourth-order valence-electron chi connectivity index (χ4n) is 0.774. The summed E-state index contributed by atoms with van der Waals surface area (Å²) in [6, 6.07) is 0.108. The average molecular weight is 176 g/mol. The SMILES string of the molecule is CCCOCC(COCC)NN. The summed E-state index contributed by atoms with van der Waals surface area (Å²) in [6.45, 7) is 6.76. The molecule has 0 aromatic carbocycles. The Morgan fingerprint density at radius 1 is 1.25 bits per heavy atom. The standard InChI is InChI=1S/C8H20N2O2/c1-3-5-12-7-8(10-9)6-11-4-2/h8,10H,3-7,9H2,1-2H3. The molecular formula is C8H20N2O2. The summed E-state index contributed by atoms with van der Waals surface area (Å²) in [5.41, 5.74) is 2.65. The lowest BCUT2D eigenvalue weighted by Crippen LogP contribution is -2.42. The molecule has 0 aliphatic carbocycles. The normalized spacial score (nSPS) is 13.2. The minimum atomic E-state index is 0.108. The van der Waals surface area contributed by atoms with Crippen LogP contribution in [0.15, 0.2) is 0 Å². The van der Waals surface area contributed by atoms with E-state index in [0.29, 0.717) is 19.8 Å². The summed E-state index contributed by atoms with van der Waals surface area (Å²) in [4.78, 5) is 0. The van der Waals surface area contributed by atoms with E-state index in [0.717, 1.165) is 13.0 Å². The van der Waals surface area contributed by atoms with Crippen molar-refractivity contribution in [1.29, 1.82) is 0 Å². The third-order valence-electron chi connectivity index (χ3n) is 1.43. The maximum atomic E-state index is 5.31. The lowest BCUT2D eigenvalue weighted by atomic mass is 10.3. The highest BCUT2D eigenvalue weighted by Crippen LogP contribution is 1.88. The minimum absolute atomic E-state index is 0.108. The van der Waals surface area contributed by atoms with Crippen molar-refractivity contribution in [2.75, 3.05) is 26.4 Å². The molecule has 74 valence electrons. The number of ether oxygens (including phenoxy) is 2. The number of hydrogen-bond donors (Lipinski definition) is 2. The van der Waals surface area contributed by atoms with E-state index < -0.39 is 0 Å². The van der Waals surface area contributed by atoms with Crippen LogP contribution >= 0.6 is 0 Å². The molecular weight excluding hydrogens is 156 g/mol. The Bertz CT molecular complexity index is 91.1. The predicted molar refractivity (Wildman–Crippen MR) is 48.7 cm³/mol. The highest BCUT2D eigenvalue weighted by Gasteiger charge is 2.05. The van der Waals surface area contributed by atoms with E-state index in [1.807, 2.05) is 6.92 Å². The van der Waals surface area contributed by atoms with Crippen LogP contribution in [0.2, 0.25) is 0 Å². The van der Waals surface area contributed by atoms with Crippen molar-refractivity contribution in [3.63, 3.8) is 0 Å². The second-order valence-electron chi connectivity index (χ2n) is 2.60. The highest BCUT2D eigenvalue weighted by molar-refractivity contribution is 4.60. The molecule has 0 saturated heterocycles. The number of hydrogen-bond acceptors (Lipinski definition) is 4. The van der Waals surface area contributed by atoms with Crippen molar-refractivity contribution in [3.05, 3.63) is 0 Å². The third-order valence-corrected chi connectivity index (χ3v) is 1.43. The van der Waals surface area contributed by atoms with E-state index in [1.165, 1.54) is 0 Å². The molecule has 0 aliphatic rings. The van der Waals surface area contributed by atoms with Crippen molar-refractivity contribution in [2.24, 2.45) is 5.84 Å². The van der Waals surface area contributed by atoms with Gasteiger partial charge < -0.3 is 9.47 Å². The van der Waals surface area contributed by atoms with Crippen LogP contribution in [0.5, 0.6) is 0 Å². The van der Waals surface area contributed by atoms with Gasteiger partial charge in [-0.3, -0.25) is 11.3 Å². The van der Waals surface area contributed by atoms with E-state index in [-0.39, 0.29) is 6.04 Å². The van der Waals surface area contributed by atoms with Gasteiger partial charge in [-0.25, -0.2) is 0 Å². The van der Waals surface area contributed by atoms with Crippen LogP contribution in [0.1, 0.15) is 20.3 Å². The van der Waals surface area contributed by atoms with Gasteiger partial charge in [-0.05, 0) is 13.3 Å². The quantitative estimate of drug-likeness (QED) is 0.317. The van der Waals surface area contributed by atoms with E-state index in [4.69, 9.17) is 15.3 Å². The highest BCUT2D eigenvalue weighted by atomic mass is 16.5. The van der Waals surface area contributed by atoms with E-state index in [1.54, 1.807) is 0 Å². The van der Waals surface area contributed by atoms with E-state index >= 15 is 0 Å². The van der Waals surface area contributed by atoms with Crippen LogP contribution in [-0.2, 0) is 9.47 Å². The van der Waals surface area contributed by atoms with Gasteiger partial charge in [0, 0.05) is 13.2 Å². The Kier molecular flexibility index (Phi) is 8.81. The molecule has 4 nitrogen and oxygen atoms in total. The second-order valence-corrected chi connectivity index (χ2v) is 2.60. The molecule has 0 aromatic rings. The molecule has 0 aromatic heterocycles. The maximum absolute atomic E-state index is 5.31. The van der Waals surface area contributed by atoms with Crippen LogP contribution in [0, 0.1) is 0 Å². The molecule has 0 radical (unpaired) electrons. The fourth-order valence-corrected chi connectivity index (χ4v) is 0.774. The Morgan fingerprint density at radius 2 is 1.92 bits per heavy atom. The average Bonchev–Trinajstić information content (AvgIpc) is 2.11. The minimum Gasteiger partial charge on any atom is -0.380 e. The lowest BCUT2D eigenvalue weighted by molar-refractivity contribution is 0.0604. The number of rotatable bonds is 8. The Morgan fingerprint density at radius 3 is 2.42 bits per heavy atom. The van der Waals surface area contributed by atoms with Crippen LogP contribution < -0.4 is 11.3 Å². The molecule has 0 rings (SSSR count). The van der Waals surface area contributed by atoms with E-state index in [9.17, 15) is 0 Å². The first-order chi connectivity index (χ1) is 5.85.